The zero-order valence-corrected chi connectivity index (χ0v) is 14.5. The largest absolute Gasteiger partial charge is 0.282 e. The second kappa shape index (κ2) is 6.47. The van der Waals surface area contributed by atoms with Gasteiger partial charge in [-0.25, -0.2) is 0 Å². The number of hydrogen-bond donors (Lipinski definition) is 0. The molecule has 0 N–H and O–H groups in total. The van der Waals surface area contributed by atoms with E-state index in [1.807, 2.05) is 7.05 Å². The van der Waals surface area contributed by atoms with Crippen LogP contribution < -0.4 is 0 Å². The highest BCUT2D eigenvalue weighted by atomic mass is 35.5. The maximum absolute atomic E-state index is 13.0. The minimum atomic E-state index is -3.43. The fraction of sp³-hybridized carbons (Fsp3) is 0.786. The molecule has 3 heterocycles. The number of aryl methyl sites for hydroxylation is 1. The Morgan fingerprint density at radius 3 is 2.45 bits per heavy atom. The van der Waals surface area contributed by atoms with Gasteiger partial charge in [-0.15, -0.1) is 0 Å². The zero-order chi connectivity index (χ0) is 15.7. The molecule has 3 rings (SSSR count). The summed E-state index contributed by atoms with van der Waals surface area (Å²) in [7, 11) is -1.62. The first kappa shape index (κ1) is 16.2. The van der Waals surface area contributed by atoms with Crippen molar-refractivity contribution in [3.8, 4) is 0 Å². The normalized spacial score (nSPS) is 25.5. The monoisotopic (exact) mass is 346 g/mol. The molecule has 124 valence electrons. The summed E-state index contributed by atoms with van der Waals surface area (Å²) in [4.78, 5) is 0. The van der Waals surface area contributed by atoms with E-state index in [2.05, 4.69) is 5.10 Å². The average Bonchev–Trinajstić information content (AvgIpc) is 3.03. The predicted molar refractivity (Wildman–Crippen MR) is 85.9 cm³/mol. The van der Waals surface area contributed by atoms with Crippen molar-refractivity contribution in [2.24, 2.45) is 7.05 Å². The molecule has 1 aromatic heterocycles. The summed E-state index contributed by atoms with van der Waals surface area (Å²) in [6.45, 7) is 1.80. The molecule has 22 heavy (non-hydrogen) atoms. The molecule has 2 aliphatic heterocycles. The second-order valence-electron chi connectivity index (χ2n) is 6.13. The highest BCUT2D eigenvalue weighted by Crippen LogP contribution is 2.36. The Morgan fingerprint density at radius 2 is 1.82 bits per heavy atom. The first-order valence-corrected chi connectivity index (χ1v) is 9.73. The maximum atomic E-state index is 13.0. The van der Waals surface area contributed by atoms with Gasteiger partial charge in [0.2, 0.25) is 0 Å². The van der Waals surface area contributed by atoms with Gasteiger partial charge in [0.05, 0.1) is 16.8 Å². The van der Waals surface area contributed by atoms with Gasteiger partial charge in [-0.2, -0.15) is 22.1 Å². The van der Waals surface area contributed by atoms with Crippen molar-refractivity contribution < 1.29 is 8.42 Å². The molecule has 0 saturated carbocycles. The van der Waals surface area contributed by atoms with E-state index in [0.29, 0.717) is 30.4 Å². The fourth-order valence-corrected chi connectivity index (χ4v) is 5.61. The van der Waals surface area contributed by atoms with E-state index in [4.69, 9.17) is 11.6 Å². The SMILES string of the molecule is Cn1cc(Cl)c([C@@H]2CCCCCN2S(=O)(=O)N2CCCC2)n1. The van der Waals surface area contributed by atoms with Crippen molar-refractivity contribution in [3.63, 3.8) is 0 Å². The molecule has 0 amide bonds. The summed E-state index contributed by atoms with van der Waals surface area (Å²) in [5, 5.41) is 4.98. The van der Waals surface area contributed by atoms with Gasteiger partial charge in [-0.05, 0) is 25.7 Å². The van der Waals surface area contributed by atoms with E-state index in [-0.39, 0.29) is 6.04 Å². The number of rotatable bonds is 3. The maximum Gasteiger partial charge on any atom is 0.282 e. The topological polar surface area (TPSA) is 58.4 Å². The van der Waals surface area contributed by atoms with Crippen LogP contribution in [0.4, 0.5) is 0 Å². The highest BCUT2D eigenvalue weighted by molar-refractivity contribution is 7.86. The van der Waals surface area contributed by atoms with Crippen molar-refractivity contribution in [1.82, 2.24) is 18.4 Å². The van der Waals surface area contributed by atoms with Gasteiger partial charge in [0.1, 0.15) is 0 Å². The molecule has 0 aliphatic carbocycles. The molecular formula is C14H23ClN4O2S. The van der Waals surface area contributed by atoms with Crippen LogP contribution in [0, 0.1) is 0 Å². The first-order chi connectivity index (χ1) is 10.5. The summed E-state index contributed by atoms with van der Waals surface area (Å²) < 4.78 is 30.9. The van der Waals surface area contributed by atoms with Crippen molar-refractivity contribution in [3.05, 3.63) is 16.9 Å². The molecule has 2 aliphatic rings. The Balaban J connectivity index is 1.96. The lowest BCUT2D eigenvalue weighted by Crippen LogP contribution is -2.44. The van der Waals surface area contributed by atoms with Gasteiger partial charge in [0.25, 0.3) is 10.2 Å². The molecule has 2 saturated heterocycles. The van der Waals surface area contributed by atoms with E-state index < -0.39 is 10.2 Å². The van der Waals surface area contributed by atoms with Gasteiger partial charge in [-0.3, -0.25) is 4.68 Å². The molecule has 0 radical (unpaired) electrons. The minimum absolute atomic E-state index is 0.248. The van der Waals surface area contributed by atoms with Gasteiger partial charge in [-0.1, -0.05) is 24.4 Å². The Kier molecular flexibility index (Phi) is 4.77. The Labute approximate surface area is 137 Å². The molecule has 0 unspecified atom stereocenters. The van der Waals surface area contributed by atoms with Crippen LogP contribution in [0.5, 0.6) is 0 Å². The van der Waals surface area contributed by atoms with Crippen LogP contribution in [-0.4, -0.2) is 46.4 Å². The predicted octanol–water partition coefficient (Wildman–Crippen LogP) is 2.33. The summed E-state index contributed by atoms with van der Waals surface area (Å²) in [6, 6.07) is -0.248. The lowest BCUT2D eigenvalue weighted by Gasteiger charge is -2.31. The van der Waals surface area contributed by atoms with Crippen LogP contribution in [0.1, 0.15) is 50.3 Å². The van der Waals surface area contributed by atoms with Crippen LogP contribution >= 0.6 is 11.6 Å². The summed E-state index contributed by atoms with van der Waals surface area (Å²) in [5.41, 5.74) is 0.689. The number of nitrogens with zero attached hydrogens (tertiary/aromatic N) is 4. The van der Waals surface area contributed by atoms with Crippen molar-refractivity contribution in [2.75, 3.05) is 19.6 Å². The fourth-order valence-electron chi connectivity index (χ4n) is 3.40. The smallest absolute Gasteiger partial charge is 0.274 e. The molecule has 0 bridgehead atoms. The van der Waals surface area contributed by atoms with Gasteiger partial charge in [0.15, 0.2) is 0 Å². The van der Waals surface area contributed by atoms with Crippen molar-refractivity contribution >= 4 is 21.8 Å². The first-order valence-electron chi connectivity index (χ1n) is 7.96. The van der Waals surface area contributed by atoms with Crippen LogP contribution in [0.2, 0.25) is 5.02 Å². The Morgan fingerprint density at radius 1 is 1.14 bits per heavy atom. The third-order valence-electron chi connectivity index (χ3n) is 4.52. The third kappa shape index (κ3) is 3.04. The zero-order valence-electron chi connectivity index (χ0n) is 12.9. The number of halogens is 1. The van der Waals surface area contributed by atoms with Crippen LogP contribution in [0.15, 0.2) is 6.20 Å². The average molecular weight is 347 g/mol. The van der Waals surface area contributed by atoms with Gasteiger partial charge < -0.3 is 0 Å². The second-order valence-corrected chi connectivity index (χ2v) is 8.41. The third-order valence-corrected chi connectivity index (χ3v) is 6.86. The van der Waals surface area contributed by atoms with E-state index in [9.17, 15) is 8.42 Å². The van der Waals surface area contributed by atoms with E-state index in [1.165, 1.54) is 0 Å². The molecule has 1 aromatic rings. The highest BCUT2D eigenvalue weighted by Gasteiger charge is 2.39. The lowest BCUT2D eigenvalue weighted by molar-refractivity contribution is 0.293. The molecular weight excluding hydrogens is 324 g/mol. The molecule has 0 spiro atoms. The quantitative estimate of drug-likeness (QED) is 0.844. The van der Waals surface area contributed by atoms with Crippen LogP contribution in [0.25, 0.3) is 0 Å². The summed E-state index contributed by atoms with van der Waals surface area (Å²) in [5.74, 6) is 0. The summed E-state index contributed by atoms with van der Waals surface area (Å²) >= 11 is 6.29. The minimum Gasteiger partial charge on any atom is -0.274 e. The van der Waals surface area contributed by atoms with Crippen LogP contribution in [-0.2, 0) is 17.3 Å². The standard InChI is InChI=1S/C14H23ClN4O2S/c1-17-11-12(15)14(16-17)13-7-3-2-4-10-19(13)22(20,21)18-8-5-6-9-18/h11,13H,2-10H2,1H3/t13-/m0/s1. The Hall–Kier alpha value is -0.630. The lowest BCUT2D eigenvalue weighted by atomic mass is 10.1. The van der Waals surface area contributed by atoms with E-state index >= 15 is 0 Å². The molecule has 0 aromatic carbocycles. The molecule has 8 heteroatoms. The summed E-state index contributed by atoms with van der Waals surface area (Å²) in [6.07, 6.45) is 7.36. The number of hydrogen-bond acceptors (Lipinski definition) is 3. The van der Waals surface area contributed by atoms with E-state index in [1.54, 1.807) is 19.5 Å². The van der Waals surface area contributed by atoms with Crippen molar-refractivity contribution in [1.29, 1.82) is 0 Å². The molecule has 6 nitrogen and oxygen atoms in total. The van der Waals surface area contributed by atoms with Gasteiger partial charge in [0, 0.05) is 32.9 Å². The number of aromatic nitrogens is 2. The molecule has 2 fully saturated rings. The molecule has 1 atom stereocenters. The van der Waals surface area contributed by atoms with Crippen molar-refractivity contribution in [2.45, 2.75) is 44.6 Å². The van der Waals surface area contributed by atoms with E-state index in [0.717, 1.165) is 38.5 Å². The Bertz CT molecular complexity index is 625. The van der Waals surface area contributed by atoms with Gasteiger partial charge >= 0.3 is 0 Å². The van der Waals surface area contributed by atoms with Crippen LogP contribution in [0.3, 0.4) is 0 Å².